The zero-order valence-electron chi connectivity index (χ0n) is 23.1. The van der Waals surface area contributed by atoms with Gasteiger partial charge >= 0.3 is 0 Å². The first kappa shape index (κ1) is 29.5. The number of sulfonamides is 1. The van der Waals surface area contributed by atoms with Gasteiger partial charge < -0.3 is 10.2 Å². The predicted molar refractivity (Wildman–Crippen MR) is 157 cm³/mol. The van der Waals surface area contributed by atoms with Crippen LogP contribution in [0.2, 0.25) is 0 Å². The Morgan fingerprint density at radius 3 is 2.15 bits per heavy atom. The molecule has 1 aliphatic rings. The maximum absolute atomic E-state index is 13.8. The van der Waals surface area contributed by atoms with Crippen LogP contribution in [-0.2, 0) is 32.6 Å². The molecule has 1 aliphatic carbocycles. The van der Waals surface area contributed by atoms with E-state index in [1.165, 1.54) is 0 Å². The Bertz CT molecular complexity index is 1340. The molecule has 8 heteroatoms. The molecule has 3 aromatic rings. The van der Waals surface area contributed by atoms with E-state index in [1.54, 1.807) is 29.2 Å². The lowest BCUT2D eigenvalue weighted by Crippen LogP contribution is -2.43. The van der Waals surface area contributed by atoms with Gasteiger partial charge in [-0.2, -0.15) is 0 Å². The van der Waals surface area contributed by atoms with Crippen LogP contribution in [0.1, 0.15) is 68.2 Å². The molecule has 0 saturated heterocycles. The fourth-order valence-corrected chi connectivity index (χ4v) is 5.92. The highest BCUT2D eigenvalue weighted by Gasteiger charge is 2.31. The number of nitrogens with one attached hydrogen (secondary N) is 2. The first-order valence-corrected chi connectivity index (χ1v) is 15.6. The van der Waals surface area contributed by atoms with Crippen molar-refractivity contribution in [2.45, 2.75) is 75.4 Å². The largest absolute Gasteiger partial charge is 0.354 e. The molecule has 3 aromatic carbocycles. The molecular formula is C32H39N3O4S. The lowest BCUT2D eigenvalue weighted by Gasteiger charge is -2.32. The van der Waals surface area contributed by atoms with Crippen LogP contribution in [0.5, 0.6) is 0 Å². The number of benzene rings is 3. The van der Waals surface area contributed by atoms with Crippen molar-refractivity contribution in [2.24, 2.45) is 0 Å². The van der Waals surface area contributed by atoms with E-state index in [4.69, 9.17) is 0 Å². The summed E-state index contributed by atoms with van der Waals surface area (Å²) >= 11 is 0. The molecule has 212 valence electrons. The van der Waals surface area contributed by atoms with E-state index in [0.717, 1.165) is 48.8 Å². The van der Waals surface area contributed by atoms with Crippen molar-refractivity contribution >= 4 is 21.8 Å². The highest BCUT2D eigenvalue weighted by atomic mass is 32.2. The summed E-state index contributed by atoms with van der Waals surface area (Å²) in [4.78, 5) is 29.3. The molecule has 0 unspecified atom stereocenters. The Balaban J connectivity index is 1.52. The second-order valence-corrected chi connectivity index (χ2v) is 12.1. The van der Waals surface area contributed by atoms with Gasteiger partial charge in [0, 0.05) is 25.6 Å². The SMILES string of the molecule is CCCCCNC(=O)[C@@H](c1ccccc1)N(Cc1ccccc1)C(=O)CCc1ccc(S(=O)(=O)NC2CC2)cc1. The van der Waals surface area contributed by atoms with Gasteiger partial charge in [0.2, 0.25) is 21.8 Å². The molecule has 1 fully saturated rings. The Hall–Kier alpha value is -3.49. The normalized spacial score (nSPS) is 13.9. The van der Waals surface area contributed by atoms with E-state index >= 15 is 0 Å². The number of hydrogen-bond acceptors (Lipinski definition) is 4. The predicted octanol–water partition coefficient (Wildman–Crippen LogP) is 5.14. The molecule has 1 saturated carbocycles. The highest BCUT2D eigenvalue weighted by molar-refractivity contribution is 7.89. The molecule has 4 rings (SSSR count). The first-order valence-electron chi connectivity index (χ1n) is 14.1. The van der Waals surface area contributed by atoms with Gasteiger partial charge in [0.25, 0.3) is 0 Å². The molecule has 0 aromatic heterocycles. The molecule has 7 nitrogen and oxygen atoms in total. The summed E-state index contributed by atoms with van der Waals surface area (Å²) in [6.45, 7) is 2.98. The summed E-state index contributed by atoms with van der Waals surface area (Å²) in [7, 11) is -3.53. The summed E-state index contributed by atoms with van der Waals surface area (Å²) < 4.78 is 27.7. The third-order valence-corrected chi connectivity index (χ3v) is 8.57. The van der Waals surface area contributed by atoms with Gasteiger partial charge in [-0.25, -0.2) is 13.1 Å². The molecule has 2 N–H and O–H groups in total. The fourth-order valence-electron chi connectivity index (χ4n) is 4.61. The standard InChI is InChI=1S/C32H39N3O4S/c1-2-3-10-23-33-32(37)31(27-13-8-5-9-14-27)35(24-26-11-6-4-7-12-26)30(36)22-17-25-15-20-29(21-16-25)40(38,39)34-28-18-19-28/h4-9,11-16,20-21,28,31,34H,2-3,10,17-19,22-24H2,1H3,(H,33,37)/t31-/m1/s1. The molecule has 2 amide bonds. The number of unbranched alkanes of at least 4 members (excludes halogenated alkanes) is 2. The molecule has 0 spiro atoms. The molecule has 0 radical (unpaired) electrons. The van der Waals surface area contributed by atoms with Crippen LogP contribution in [0, 0.1) is 0 Å². The molecule has 40 heavy (non-hydrogen) atoms. The monoisotopic (exact) mass is 561 g/mol. The number of carbonyl (C=O) groups excluding carboxylic acids is 2. The van der Waals surface area contributed by atoms with Crippen molar-refractivity contribution in [3.63, 3.8) is 0 Å². The van der Waals surface area contributed by atoms with Crippen molar-refractivity contribution in [2.75, 3.05) is 6.54 Å². The van der Waals surface area contributed by atoms with E-state index in [1.807, 2.05) is 60.7 Å². The van der Waals surface area contributed by atoms with Gasteiger partial charge in [0.1, 0.15) is 6.04 Å². The summed E-state index contributed by atoms with van der Waals surface area (Å²) in [5.41, 5.74) is 2.56. The van der Waals surface area contributed by atoms with E-state index < -0.39 is 16.1 Å². The molecule has 0 bridgehead atoms. The first-order chi connectivity index (χ1) is 19.4. The van der Waals surface area contributed by atoms with Gasteiger partial charge in [-0.3, -0.25) is 9.59 Å². The topological polar surface area (TPSA) is 95.6 Å². The summed E-state index contributed by atoms with van der Waals surface area (Å²) in [6, 6.07) is 25.1. The smallest absolute Gasteiger partial charge is 0.247 e. The highest BCUT2D eigenvalue weighted by Crippen LogP contribution is 2.26. The van der Waals surface area contributed by atoms with Crippen LogP contribution in [0.25, 0.3) is 0 Å². The second-order valence-electron chi connectivity index (χ2n) is 10.4. The maximum Gasteiger partial charge on any atom is 0.247 e. The molecule has 0 aliphatic heterocycles. The summed E-state index contributed by atoms with van der Waals surface area (Å²) in [6.07, 6.45) is 5.34. The van der Waals surface area contributed by atoms with Gasteiger partial charge in [-0.1, -0.05) is 92.6 Å². The molecule has 0 heterocycles. The Morgan fingerprint density at radius 1 is 0.875 bits per heavy atom. The van der Waals surface area contributed by atoms with Crippen LogP contribution >= 0.6 is 0 Å². The van der Waals surface area contributed by atoms with Crippen molar-refractivity contribution in [1.82, 2.24) is 14.9 Å². The third kappa shape index (κ3) is 8.50. The summed E-state index contributed by atoms with van der Waals surface area (Å²) in [5.74, 6) is -0.335. The van der Waals surface area contributed by atoms with Crippen LogP contribution in [0.4, 0.5) is 0 Å². The van der Waals surface area contributed by atoms with E-state index in [0.29, 0.717) is 19.5 Å². The number of hydrogen-bond donors (Lipinski definition) is 2. The van der Waals surface area contributed by atoms with E-state index in [2.05, 4.69) is 17.0 Å². The Kier molecular flexibility index (Phi) is 10.5. The van der Waals surface area contributed by atoms with Crippen molar-refractivity contribution in [3.8, 4) is 0 Å². The van der Waals surface area contributed by atoms with Crippen LogP contribution in [0.15, 0.2) is 89.8 Å². The van der Waals surface area contributed by atoms with Crippen LogP contribution in [0.3, 0.4) is 0 Å². The number of rotatable bonds is 15. The average molecular weight is 562 g/mol. The zero-order valence-corrected chi connectivity index (χ0v) is 23.9. The molecular weight excluding hydrogens is 522 g/mol. The minimum atomic E-state index is -3.53. The molecule has 1 atom stereocenters. The number of aryl methyl sites for hydroxylation is 1. The fraction of sp³-hybridized carbons (Fsp3) is 0.375. The number of nitrogens with zero attached hydrogens (tertiary/aromatic N) is 1. The summed E-state index contributed by atoms with van der Waals surface area (Å²) in [5, 5.41) is 3.05. The zero-order chi connectivity index (χ0) is 28.4. The minimum Gasteiger partial charge on any atom is -0.354 e. The van der Waals surface area contributed by atoms with Crippen LogP contribution < -0.4 is 10.0 Å². The quantitative estimate of drug-likeness (QED) is 0.251. The minimum absolute atomic E-state index is 0.0410. The van der Waals surface area contributed by atoms with Gasteiger partial charge in [0.15, 0.2) is 0 Å². The van der Waals surface area contributed by atoms with Gasteiger partial charge in [0.05, 0.1) is 4.90 Å². The van der Waals surface area contributed by atoms with Gasteiger partial charge in [-0.05, 0) is 54.5 Å². The van der Waals surface area contributed by atoms with E-state index in [-0.39, 0.29) is 29.2 Å². The Morgan fingerprint density at radius 2 is 1.52 bits per heavy atom. The van der Waals surface area contributed by atoms with Crippen molar-refractivity contribution in [3.05, 3.63) is 102 Å². The van der Waals surface area contributed by atoms with Crippen LogP contribution in [-0.4, -0.2) is 37.7 Å². The van der Waals surface area contributed by atoms with Crippen molar-refractivity contribution in [1.29, 1.82) is 0 Å². The lowest BCUT2D eigenvalue weighted by atomic mass is 10.0. The Labute approximate surface area is 238 Å². The van der Waals surface area contributed by atoms with Gasteiger partial charge in [-0.15, -0.1) is 0 Å². The second kappa shape index (κ2) is 14.2. The number of carbonyl (C=O) groups is 2. The van der Waals surface area contributed by atoms with E-state index in [9.17, 15) is 18.0 Å². The number of amides is 2. The van der Waals surface area contributed by atoms with Crippen molar-refractivity contribution < 1.29 is 18.0 Å². The maximum atomic E-state index is 13.8. The lowest BCUT2D eigenvalue weighted by molar-refractivity contribution is -0.141. The third-order valence-electron chi connectivity index (χ3n) is 7.03. The average Bonchev–Trinajstić information content (AvgIpc) is 3.78.